The van der Waals surface area contributed by atoms with E-state index < -0.39 is 0 Å². The van der Waals surface area contributed by atoms with Gasteiger partial charge in [-0.1, -0.05) is 53.5 Å². The molecule has 0 bridgehead atoms. The first-order chi connectivity index (χ1) is 17.3. The van der Waals surface area contributed by atoms with Crippen LogP contribution in [0, 0.1) is 0 Å². The highest BCUT2D eigenvalue weighted by Crippen LogP contribution is 2.21. The first-order valence-corrected chi connectivity index (χ1v) is 12.6. The molecular formula is C27H24BrClN4O3. The maximum absolute atomic E-state index is 13.3. The number of halogens is 2. The first-order valence-electron chi connectivity index (χ1n) is 11.4. The van der Waals surface area contributed by atoms with E-state index in [2.05, 4.69) is 26.3 Å². The highest BCUT2D eigenvalue weighted by atomic mass is 79.9. The van der Waals surface area contributed by atoms with Gasteiger partial charge in [-0.2, -0.15) is 9.78 Å². The van der Waals surface area contributed by atoms with Gasteiger partial charge in [-0.3, -0.25) is 9.59 Å². The van der Waals surface area contributed by atoms with Gasteiger partial charge in [-0.15, -0.1) is 0 Å². The Morgan fingerprint density at radius 3 is 2.72 bits per heavy atom. The van der Waals surface area contributed by atoms with E-state index in [0.29, 0.717) is 38.8 Å². The number of aromatic nitrogens is 2. The van der Waals surface area contributed by atoms with Crippen molar-refractivity contribution < 1.29 is 9.53 Å². The number of ether oxygens (including phenoxy) is 1. The second kappa shape index (κ2) is 11.5. The van der Waals surface area contributed by atoms with Crippen LogP contribution in [0.25, 0.3) is 10.9 Å². The molecule has 0 aliphatic rings. The molecule has 36 heavy (non-hydrogen) atoms. The van der Waals surface area contributed by atoms with Gasteiger partial charge in [0.05, 0.1) is 17.1 Å². The van der Waals surface area contributed by atoms with Gasteiger partial charge in [0, 0.05) is 21.1 Å². The van der Waals surface area contributed by atoms with Gasteiger partial charge in [0.15, 0.2) is 6.61 Å². The standard InChI is InChI=1S/C27H24BrClN4O3/c1-3-17(2)26-32-24-12-7-19(28)14-23(24)27(35)33(26)30-15-18-5-4-6-22(13-18)36-16-25(34)31-21-10-8-20(29)9-11-21/h4-15,17H,3,16H2,1-2H3,(H,31,34)/t17-/m1/s1. The van der Waals surface area contributed by atoms with E-state index in [-0.39, 0.29) is 24.0 Å². The summed E-state index contributed by atoms with van der Waals surface area (Å²) in [6.45, 7) is 3.90. The van der Waals surface area contributed by atoms with Crippen molar-refractivity contribution in [2.24, 2.45) is 5.10 Å². The zero-order valence-electron chi connectivity index (χ0n) is 19.7. The van der Waals surface area contributed by atoms with Crippen LogP contribution in [0.1, 0.15) is 37.6 Å². The van der Waals surface area contributed by atoms with E-state index >= 15 is 0 Å². The lowest BCUT2D eigenvalue weighted by Gasteiger charge is -2.14. The van der Waals surface area contributed by atoms with Crippen LogP contribution in [0.5, 0.6) is 5.75 Å². The molecule has 4 rings (SSSR count). The van der Waals surface area contributed by atoms with Crippen molar-refractivity contribution in [1.29, 1.82) is 0 Å². The van der Waals surface area contributed by atoms with Crippen LogP contribution in [0.3, 0.4) is 0 Å². The van der Waals surface area contributed by atoms with Gasteiger partial charge >= 0.3 is 0 Å². The van der Waals surface area contributed by atoms with Crippen molar-refractivity contribution in [2.75, 3.05) is 11.9 Å². The Morgan fingerprint density at radius 2 is 1.97 bits per heavy atom. The lowest BCUT2D eigenvalue weighted by atomic mass is 10.1. The summed E-state index contributed by atoms with van der Waals surface area (Å²) < 4.78 is 7.80. The Bertz CT molecular complexity index is 1490. The third kappa shape index (κ3) is 6.19. The number of rotatable bonds is 8. The summed E-state index contributed by atoms with van der Waals surface area (Å²) >= 11 is 9.29. The van der Waals surface area contributed by atoms with Crippen molar-refractivity contribution in [1.82, 2.24) is 9.66 Å². The molecular weight excluding hydrogens is 544 g/mol. The Hall–Kier alpha value is -3.49. The largest absolute Gasteiger partial charge is 0.484 e. The van der Waals surface area contributed by atoms with Gasteiger partial charge < -0.3 is 10.1 Å². The fraction of sp³-hybridized carbons (Fsp3) is 0.185. The van der Waals surface area contributed by atoms with Crippen LogP contribution < -0.4 is 15.6 Å². The Labute approximate surface area is 221 Å². The fourth-order valence-corrected chi connectivity index (χ4v) is 3.95. The van der Waals surface area contributed by atoms with E-state index in [1.165, 1.54) is 4.68 Å². The quantitative estimate of drug-likeness (QED) is 0.256. The number of benzene rings is 3. The molecule has 0 radical (unpaired) electrons. The summed E-state index contributed by atoms with van der Waals surface area (Å²) in [6, 6.07) is 19.4. The average Bonchev–Trinajstić information content (AvgIpc) is 2.88. The summed E-state index contributed by atoms with van der Waals surface area (Å²) in [5, 5.41) is 8.31. The second-order valence-electron chi connectivity index (χ2n) is 8.22. The maximum Gasteiger partial charge on any atom is 0.282 e. The van der Waals surface area contributed by atoms with Crippen molar-refractivity contribution in [3.8, 4) is 5.75 Å². The number of hydrogen-bond acceptors (Lipinski definition) is 5. The number of nitrogens with one attached hydrogen (secondary N) is 1. The van der Waals surface area contributed by atoms with Crippen molar-refractivity contribution >= 4 is 56.2 Å². The molecule has 7 nitrogen and oxygen atoms in total. The summed E-state index contributed by atoms with van der Waals surface area (Å²) in [5.41, 5.74) is 1.74. The average molecular weight is 568 g/mol. The molecule has 184 valence electrons. The molecule has 1 heterocycles. The number of nitrogens with zero attached hydrogens (tertiary/aromatic N) is 3. The topological polar surface area (TPSA) is 85.6 Å². The SMILES string of the molecule is CC[C@@H](C)c1nc2ccc(Br)cc2c(=O)n1N=Cc1cccc(OCC(=O)Nc2ccc(Cl)cc2)c1. The predicted octanol–water partition coefficient (Wildman–Crippen LogP) is 6.23. The monoisotopic (exact) mass is 566 g/mol. The van der Waals surface area contributed by atoms with Crippen molar-refractivity contribution in [2.45, 2.75) is 26.2 Å². The molecule has 0 spiro atoms. The minimum absolute atomic E-state index is 0.0386. The predicted molar refractivity (Wildman–Crippen MR) is 147 cm³/mol. The van der Waals surface area contributed by atoms with Gasteiger partial charge in [0.25, 0.3) is 11.5 Å². The summed E-state index contributed by atoms with van der Waals surface area (Å²) in [6.07, 6.45) is 2.39. The fourth-order valence-electron chi connectivity index (χ4n) is 3.47. The number of carbonyl (C=O) groups is 1. The number of amides is 1. The van der Waals surface area contributed by atoms with Crippen LogP contribution in [0.2, 0.25) is 5.02 Å². The van der Waals surface area contributed by atoms with Gasteiger partial charge in [-0.05, 0) is 66.6 Å². The molecule has 1 amide bonds. The smallest absolute Gasteiger partial charge is 0.282 e. The zero-order chi connectivity index (χ0) is 25.7. The van der Waals surface area contributed by atoms with Crippen LogP contribution in [0.15, 0.2) is 81.1 Å². The number of fused-ring (bicyclic) bond motifs is 1. The van der Waals surface area contributed by atoms with E-state index in [1.54, 1.807) is 54.7 Å². The number of carbonyl (C=O) groups excluding carboxylic acids is 1. The summed E-state index contributed by atoms with van der Waals surface area (Å²) in [5.74, 6) is 0.839. The Balaban J connectivity index is 1.53. The second-order valence-corrected chi connectivity index (χ2v) is 9.57. The van der Waals surface area contributed by atoms with Crippen molar-refractivity contribution in [3.05, 3.63) is 98.0 Å². The third-order valence-corrected chi connectivity index (χ3v) is 6.31. The zero-order valence-corrected chi connectivity index (χ0v) is 22.1. The maximum atomic E-state index is 13.3. The molecule has 1 atom stereocenters. The van der Waals surface area contributed by atoms with Crippen LogP contribution in [0.4, 0.5) is 5.69 Å². The van der Waals surface area contributed by atoms with E-state index in [0.717, 1.165) is 10.9 Å². The van der Waals surface area contributed by atoms with Crippen LogP contribution in [-0.4, -0.2) is 28.4 Å². The van der Waals surface area contributed by atoms with E-state index in [1.807, 2.05) is 32.0 Å². The van der Waals surface area contributed by atoms with Crippen LogP contribution >= 0.6 is 27.5 Å². The number of hydrogen-bond donors (Lipinski definition) is 1. The molecule has 3 aromatic carbocycles. The number of anilines is 1. The molecule has 0 saturated carbocycles. The molecule has 4 aromatic rings. The van der Waals surface area contributed by atoms with E-state index in [9.17, 15) is 9.59 Å². The summed E-state index contributed by atoms with van der Waals surface area (Å²) in [4.78, 5) is 30.2. The minimum Gasteiger partial charge on any atom is -0.484 e. The van der Waals surface area contributed by atoms with Crippen molar-refractivity contribution in [3.63, 3.8) is 0 Å². The third-order valence-electron chi connectivity index (χ3n) is 5.56. The lowest BCUT2D eigenvalue weighted by molar-refractivity contribution is -0.118. The molecule has 1 N–H and O–H groups in total. The molecule has 1 aromatic heterocycles. The molecule has 0 unspecified atom stereocenters. The summed E-state index contributed by atoms with van der Waals surface area (Å²) in [7, 11) is 0. The first kappa shape index (κ1) is 25.6. The highest BCUT2D eigenvalue weighted by Gasteiger charge is 2.15. The molecule has 0 aliphatic carbocycles. The molecule has 0 fully saturated rings. The lowest BCUT2D eigenvalue weighted by Crippen LogP contribution is -2.23. The molecule has 0 aliphatic heterocycles. The molecule has 9 heteroatoms. The Morgan fingerprint density at radius 1 is 1.19 bits per heavy atom. The normalized spacial score (nSPS) is 12.1. The van der Waals surface area contributed by atoms with Gasteiger partial charge in [0.2, 0.25) is 0 Å². The van der Waals surface area contributed by atoms with Crippen LogP contribution in [-0.2, 0) is 4.79 Å². The van der Waals surface area contributed by atoms with Gasteiger partial charge in [-0.25, -0.2) is 4.98 Å². The van der Waals surface area contributed by atoms with E-state index in [4.69, 9.17) is 21.3 Å². The highest BCUT2D eigenvalue weighted by molar-refractivity contribution is 9.10. The van der Waals surface area contributed by atoms with Gasteiger partial charge in [0.1, 0.15) is 11.6 Å². The molecule has 0 saturated heterocycles. The minimum atomic E-state index is -0.297. The Kier molecular flexibility index (Phi) is 8.18.